The van der Waals surface area contributed by atoms with E-state index in [9.17, 15) is 9.59 Å². The van der Waals surface area contributed by atoms with Gasteiger partial charge in [-0.2, -0.15) is 0 Å². The Morgan fingerprint density at radius 1 is 1.14 bits per heavy atom. The van der Waals surface area contributed by atoms with Crippen molar-refractivity contribution >= 4 is 27.7 Å². The van der Waals surface area contributed by atoms with Gasteiger partial charge in [0.2, 0.25) is 5.91 Å². The molecule has 1 aromatic carbocycles. The molecule has 2 rings (SSSR count). The Bertz CT molecular complexity index is 650. The third-order valence-electron chi connectivity index (χ3n) is 3.25. The molecule has 1 aromatic heterocycles. The smallest absolute Gasteiger partial charge is 0.286 e. The molecule has 21 heavy (non-hydrogen) atoms. The van der Waals surface area contributed by atoms with E-state index in [-0.39, 0.29) is 5.91 Å². The normalized spacial score (nSPS) is 11.0. The van der Waals surface area contributed by atoms with Crippen LogP contribution in [0.4, 0.5) is 0 Å². The van der Waals surface area contributed by atoms with Crippen LogP contribution in [-0.2, 0) is 10.2 Å². The van der Waals surface area contributed by atoms with Crippen molar-refractivity contribution in [3.8, 4) is 0 Å². The van der Waals surface area contributed by atoms with Crippen molar-refractivity contribution in [1.82, 2.24) is 15.8 Å². The molecule has 0 saturated carbocycles. The highest BCUT2D eigenvalue weighted by atomic mass is 79.9. The number of rotatable bonds is 3. The minimum absolute atomic E-state index is 0.285. The largest absolute Gasteiger partial charge is 0.356 e. The van der Waals surface area contributed by atoms with Crippen molar-refractivity contribution in [3.63, 3.8) is 0 Å². The standard InChI is InChI=1S/C15H16BrN3O2/c1-15(2,10-6-4-3-5-7-10)14(21)19-18-13(20)12-8-11(16)9-17-12/h3-9,17H,1-2H3,(H,18,20)(H,19,21). The molecule has 0 aliphatic rings. The fraction of sp³-hybridized carbons (Fsp3) is 0.200. The molecule has 0 aliphatic carbocycles. The number of benzene rings is 1. The third-order valence-corrected chi connectivity index (χ3v) is 3.70. The molecule has 0 fully saturated rings. The maximum atomic E-state index is 12.3. The predicted molar refractivity (Wildman–Crippen MR) is 83.6 cm³/mol. The Balaban J connectivity index is 2.00. The van der Waals surface area contributed by atoms with E-state index in [0.29, 0.717) is 5.69 Å². The van der Waals surface area contributed by atoms with Gasteiger partial charge in [0, 0.05) is 10.7 Å². The first-order valence-corrected chi connectivity index (χ1v) is 7.21. The Kier molecular flexibility index (Phi) is 4.47. The number of hydrogen-bond donors (Lipinski definition) is 3. The van der Waals surface area contributed by atoms with E-state index in [1.807, 2.05) is 30.3 Å². The maximum Gasteiger partial charge on any atom is 0.286 e. The highest BCUT2D eigenvalue weighted by molar-refractivity contribution is 9.10. The second-order valence-corrected chi connectivity index (χ2v) is 6.05. The monoisotopic (exact) mass is 349 g/mol. The molecule has 110 valence electrons. The van der Waals surface area contributed by atoms with Crippen molar-refractivity contribution in [3.05, 3.63) is 58.3 Å². The zero-order valence-electron chi connectivity index (χ0n) is 11.7. The number of carbonyl (C=O) groups excluding carboxylic acids is 2. The Labute approximate surface area is 131 Å². The predicted octanol–water partition coefficient (Wildman–Crippen LogP) is 2.52. The van der Waals surface area contributed by atoms with Crippen LogP contribution in [0.3, 0.4) is 0 Å². The molecule has 2 aromatic rings. The van der Waals surface area contributed by atoms with Crippen LogP contribution in [0.2, 0.25) is 0 Å². The molecule has 0 atom stereocenters. The molecule has 3 N–H and O–H groups in total. The number of amides is 2. The molecule has 0 bridgehead atoms. The van der Waals surface area contributed by atoms with Gasteiger partial charge in [-0.3, -0.25) is 20.4 Å². The van der Waals surface area contributed by atoms with Crippen LogP contribution in [0, 0.1) is 0 Å². The lowest BCUT2D eigenvalue weighted by Gasteiger charge is -2.24. The van der Waals surface area contributed by atoms with Gasteiger partial charge in [0.05, 0.1) is 5.41 Å². The minimum Gasteiger partial charge on any atom is -0.356 e. The fourth-order valence-electron chi connectivity index (χ4n) is 1.82. The van der Waals surface area contributed by atoms with E-state index in [1.165, 1.54) is 0 Å². The molecular formula is C15H16BrN3O2. The lowest BCUT2D eigenvalue weighted by Crippen LogP contribution is -2.49. The van der Waals surface area contributed by atoms with E-state index < -0.39 is 11.3 Å². The molecule has 0 unspecified atom stereocenters. The van der Waals surface area contributed by atoms with Crippen molar-refractivity contribution in [1.29, 1.82) is 0 Å². The number of aromatic nitrogens is 1. The average Bonchev–Trinajstić information content (AvgIpc) is 2.92. The third kappa shape index (κ3) is 3.52. The van der Waals surface area contributed by atoms with E-state index in [1.54, 1.807) is 26.1 Å². The lowest BCUT2D eigenvalue weighted by molar-refractivity contribution is -0.126. The van der Waals surface area contributed by atoms with Gasteiger partial charge in [-0.15, -0.1) is 0 Å². The summed E-state index contributed by atoms with van der Waals surface area (Å²) < 4.78 is 0.767. The maximum absolute atomic E-state index is 12.3. The fourth-order valence-corrected chi connectivity index (χ4v) is 2.17. The van der Waals surface area contributed by atoms with Gasteiger partial charge in [0.15, 0.2) is 0 Å². The van der Waals surface area contributed by atoms with Crippen LogP contribution in [0.1, 0.15) is 29.9 Å². The van der Waals surface area contributed by atoms with E-state index in [2.05, 4.69) is 31.8 Å². The van der Waals surface area contributed by atoms with Gasteiger partial charge < -0.3 is 4.98 Å². The number of H-pyrrole nitrogens is 1. The summed E-state index contributed by atoms with van der Waals surface area (Å²) in [5.74, 6) is -0.689. The topological polar surface area (TPSA) is 74.0 Å². The first-order chi connectivity index (χ1) is 9.91. The zero-order chi connectivity index (χ0) is 15.5. The van der Waals surface area contributed by atoms with E-state index in [4.69, 9.17) is 0 Å². The van der Waals surface area contributed by atoms with Crippen molar-refractivity contribution in [2.75, 3.05) is 0 Å². The highest BCUT2D eigenvalue weighted by Gasteiger charge is 2.29. The number of halogens is 1. The van der Waals surface area contributed by atoms with Gasteiger partial charge in [-0.1, -0.05) is 30.3 Å². The summed E-state index contributed by atoms with van der Waals surface area (Å²) in [6.07, 6.45) is 1.64. The van der Waals surface area contributed by atoms with Gasteiger partial charge in [-0.25, -0.2) is 0 Å². The number of hydrogen-bond acceptors (Lipinski definition) is 2. The highest BCUT2D eigenvalue weighted by Crippen LogP contribution is 2.22. The van der Waals surface area contributed by atoms with Gasteiger partial charge in [-0.05, 0) is 41.4 Å². The van der Waals surface area contributed by atoms with Crippen LogP contribution in [0.15, 0.2) is 47.1 Å². The summed E-state index contributed by atoms with van der Waals surface area (Å²) in [6.45, 7) is 3.60. The molecule has 6 heteroatoms. The summed E-state index contributed by atoms with van der Waals surface area (Å²) in [5, 5.41) is 0. The van der Waals surface area contributed by atoms with E-state index in [0.717, 1.165) is 10.0 Å². The average molecular weight is 350 g/mol. The van der Waals surface area contributed by atoms with Gasteiger partial charge >= 0.3 is 0 Å². The van der Waals surface area contributed by atoms with Crippen molar-refractivity contribution in [2.24, 2.45) is 0 Å². The Morgan fingerprint density at radius 2 is 1.81 bits per heavy atom. The lowest BCUT2D eigenvalue weighted by atomic mass is 9.84. The molecule has 0 saturated heterocycles. The van der Waals surface area contributed by atoms with Gasteiger partial charge in [0.25, 0.3) is 5.91 Å². The minimum atomic E-state index is -0.745. The number of carbonyl (C=O) groups is 2. The first kappa shape index (κ1) is 15.3. The summed E-state index contributed by atoms with van der Waals surface area (Å²) in [4.78, 5) is 26.9. The molecule has 0 aliphatic heterocycles. The number of hydrazine groups is 1. The number of aromatic amines is 1. The molecule has 0 radical (unpaired) electrons. The van der Waals surface area contributed by atoms with Crippen LogP contribution in [-0.4, -0.2) is 16.8 Å². The molecule has 2 amide bonds. The Hall–Kier alpha value is -2.08. The van der Waals surface area contributed by atoms with E-state index >= 15 is 0 Å². The zero-order valence-corrected chi connectivity index (χ0v) is 13.3. The Morgan fingerprint density at radius 3 is 2.38 bits per heavy atom. The summed E-state index contributed by atoms with van der Waals surface area (Å²) in [5.41, 5.74) is 5.34. The van der Waals surface area contributed by atoms with Crippen LogP contribution in [0.25, 0.3) is 0 Å². The van der Waals surface area contributed by atoms with Gasteiger partial charge in [0.1, 0.15) is 5.69 Å². The molecule has 1 heterocycles. The van der Waals surface area contributed by atoms with Crippen LogP contribution >= 0.6 is 15.9 Å². The van der Waals surface area contributed by atoms with Crippen molar-refractivity contribution < 1.29 is 9.59 Å². The van der Waals surface area contributed by atoms with Crippen LogP contribution in [0.5, 0.6) is 0 Å². The number of nitrogens with one attached hydrogen (secondary N) is 3. The molecule has 0 spiro atoms. The molecular weight excluding hydrogens is 334 g/mol. The van der Waals surface area contributed by atoms with Crippen LogP contribution < -0.4 is 10.9 Å². The summed E-state index contributed by atoms with van der Waals surface area (Å²) in [6, 6.07) is 11.0. The summed E-state index contributed by atoms with van der Waals surface area (Å²) in [7, 11) is 0. The van der Waals surface area contributed by atoms with Crippen molar-refractivity contribution in [2.45, 2.75) is 19.3 Å². The summed E-state index contributed by atoms with van der Waals surface area (Å²) >= 11 is 3.24. The second kappa shape index (κ2) is 6.13. The molecule has 5 nitrogen and oxygen atoms in total. The SMILES string of the molecule is CC(C)(C(=O)NNC(=O)c1cc(Br)c[nH]1)c1ccccc1. The first-order valence-electron chi connectivity index (χ1n) is 6.41. The quantitative estimate of drug-likeness (QED) is 0.745. The second-order valence-electron chi connectivity index (χ2n) is 5.13.